The number of rotatable bonds is 5. The molecule has 22 heavy (non-hydrogen) atoms. The minimum Gasteiger partial charge on any atom is -0.444 e. The molecule has 0 unspecified atom stereocenters. The maximum Gasteiger partial charge on any atom is 0.287 e. The van der Waals surface area contributed by atoms with Crippen LogP contribution in [0.5, 0.6) is 0 Å². The minimum atomic E-state index is -0.163. The monoisotopic (exact) mass is 382 g/mol. The first-order valence-corrected chi connectivity index (χ1v) is 9.22. The largest absolute Gasteiger partial charge is 0.444 e. The van der Waals surface area contributed by atoms with Gasteiger partial charge in [-0.15, -0.1) is 11.3 Å². The summed E-state index contributed by atoms with van der Waals surface area (Å²) in [6.45, 7) is 2.81. The first kappa shape index (κ1) is 15.8. The van der Waals surface area contributed by atoms with E-state index < -0.39 is 0 Å². The lowest BCUT2D eigenvalue weighted by atomic mass is 10.1. The van der Waals surface area contributed by atoms with Gasteiger partial charge in [0.05, 0.1) is 6.04 Å². The van der Waals surface area contributed by atoms with Crippen LogP contribution in [0, 0.1) is 0 Å². The van der Waals surface area contributed by atoms with Gasteiger partial charge in [0.15, 0.2) is 10.4 Å². The summed E-state index contributed by atoms with van der Waals surface area (Å²) in [6, 6.07) is 7.89. The van der Waals surface area contributed by atoms with E-state index in [9.17, 15) is 4.79 Å². The maximum atomic E-state index is 12.2. The van der Waals surface area contributed by atoms with Crippen LogP contribution in [0.1, 0.15) is 40.7 Å². The van der Waals surface area contributed by atoms with Crippen molar-refractivity contribution in [1.82, 2.24) is 10.2 Å². The number of carbonyl (C=O) groups excluding carboxylic acids is 1. The first-order chi connectivity index (χ1) is 10.7. The van der Waals surface area contributed by atoms with Crippen molar-refractivity contribution in [2.75, 3.05) is 19.6 Å². The molecule has 4 nitrogen and oxygen atoms in total. The SMILES string of the molecule is O=C(NC[C@@H](c1cccs1)N1CCCCC1)c1ccc(Br)o1. The second kappa shape index (κ2) is 7.44. The molecule has 3 heterocycles. The van der Waals surface area contributed by atoms with Crippen LogP contribution >= 0.6 is 27.3 Å². The fraction of sp³-hybridized carbons (Fsp3) is 0.438. The van der Waals surface area contributed by atoms with Crippen LogP contribution in [-0.2, 0) is 0 Å². The highest BCUT2D eigenvalue weighted by molar-refractivity contribution is 9.10. The Labute approximate surface area is 142 Å². The van der Waals surface area contributed by atoms with Gasteiger partial charge in [0.2, 0.25) is 0 Å². The van der Waals surface area contributed by atoms with Crippen molar-refractivity contribution in [3.8, 4) is 0 Å². The molecule has 118 valence electrons. The second-order valence-corrected chi connectivity index (χ2v) is 7.20. The van der Waals surface area contributed by atoms with Crippen LogP contribution in [0.15, 0.2) is 38.7 Å². The van der Waals surface area contributed by atoms with E-state index in [-0.39, 0.29) is 11.9 Å². The predicted molar refractivity (Wildman–Crippen MR) is 91.2 cm³/mol. The van der Waals surface area contributed by atoms with Gasteiger partial charge in [0.25, 0.3) is 5.91 Å². The second-order valence-electron chi connectivity index (χ2n) is 5.44. The van der Waals surface area contributed by atoms with Crippen molar-refractivity contribution < 1.29 is 9.21 Å². The number of nitrogens with one attached hydrogen (secondary N) is 1. The van der Waals surface area contributed by atoms with Gasteiger partial charge < -0.3 is 9.73 Å². The zero-order valence-electron chi connectivity index (χ0n) is 12.3. The number of likely N-dealkylation sites (tertiary alicyclic amines) is 1. The molecule has 1 aliphatic heterocycles. The molecule has 0 aliphatic carbocycles. The Morgan fingerprint density at radius 1 is 1.32 bits per heavy atom. The molecule has 0 spiro atoms. The van der Waals surface area contributed by atoms with Crippen molar-refractivity contribution in [2.45, 2.75) is 25.3 Å². The molecule has 3 rings (SSSR count). The average Bonchev–Trinajstić information content (AvgIpc) is 3.20. The zero-order valence-corrected chi connectivity index (χ0v) is 14.7. The molecule has 0 aromatic carbocycles. The minimum absolute atomic E-state index is 0.163. The maximum absolute atomic E-state index is 12.2. The van der Waals surface area contributed by atoms with Crippen molar-refractivity contribution >= 4 is 33.2 Å². The number of furan rings is 1. The lowest BCUT2D eigenvalue weighted by molar-refractivity contribution is 0.0897. The van der Waals surface area contributed by atoms with Crippen LogP contribution in [-0.4, -0.2) is 30.4 Å². The van der Waals surface area contributed by atoms with E-state index in [2.05, 4.69) is 43.7 Å². The van der Waals surface area contributed by atoms with Gasteiger partial charge in [0.1, 0.15) is 0 Å². The van der Waals surface area contributed by atoms with Crippen LogP contribution in [0.3, 0.4) is 0 Å². The summed E-state index contributed by atoms with van der Waals surface area (Å²) in [7, 11) is 0. The predicted octanol–water partition coefficient (Wildman–Crippen LogP) is 4.06. The Hall–Kier alpha value is -1.11. The van der Waals surface area contributed by atoms with Gasteiger partial charge in [-0.05, 0) is 65.4 Å². The topological polar surface area (TPSA) is 45.5 Å². The third kappa shape index (κ3) is 3.80. The number of amides is 1. The van der Waals surface area contributed by atoms with Crippen LogP contribution in [0.25, 0.3) is 0 Å². The molecule has 0 saturated carbocycles. The zero-order chi connectivity index (χ0) is 15.4. The van der Waals surface area contributed by atoms with Crippen molar-refractivity contribution in [2.24, 2.45) is 0 Å². The number of thiophene rings is 1. The fourth-order valence-electron chi connectivity index (χ4n) is 2.83. The number of hydrogen-bond donors (Lipinski definition) is 1. The van der Waals surface area contributed by atoms with Gasteiger partial charge >= 0.3 is 0 Å². The summed E-state index contributed by atoms with van der Waals surface area (Å²) in [5.41, 5.74) is 0. The molecule has 2 aromatic rings. The molecule has 0 bridgehead atoms. The summed E-state index contributed by atoms with van der Waals surface area (Å²) in [6.07, 6.45) is 3.78. The fourth-order valence-corrected chi connectivity index (χ4v) is 4.00. The van der Waals surface area contributed by atoms with Crippen LogP contribution < -0.4 is 5.32 Å². The number of hydrogen-bond acceptors (Lipinski definition) is 4. The third-order valence-electron chi connectivity index (χ3n) is 3.96. The molecule has 0 radical (unpaired) electrons. The molecule has 1 atom stereocenters. The first-order valence-electron chi connectivity index (χ1n) is 7.55. The Balaban J connectivity index is 1.66. The average molecular weight is 383 g/mol. The van der Waals surface area contributed by atoms with Gasteiger partial charge in [0, 0.05) is 11.4 Å². The van der Waals surface area contributed by atoms with Gasteiger partial charge in [-0.3, -0.25) is 9.69 Å². The van der Waals surface area contributed by atoms with E-state index in [1.165, 1.54) is 24.1 Å². The van der Waals surface area contributed by atoms with Crippen molar-refractivity contribution in [3.63, 3.8) is 0 Å². The van der Waals surface area contributed by atoms with Crippen molar-refractivity contribution in [3.05, 3.63) is 45.0 Å². The van der Waals surface area contributed by atoms with Crippen molar-refractivity contribution in [1.29, 1.82) is 0 Å². The van der Waals surface area contributed by atoms with E-state index in [0.717, 1.165) is 13.1 Å². The highest BCUT2D eigenvalue weighted by Gasteiger charge is 2.24. The van der Waals surface area contributed by atoms with Crippen LogP contribution in [0.2, 0.25) is 0 Å². The van der Waals surface area contributed by atoms with E-state index in [4.69, 9.17) is 4.42 Å². The standard InChI is InChI=1S/C16H19BrN2O2S/c17-15-7-6-13(21-15)16(20)18-11-12(14-5-4-10-22-14)19-8-2-1-3-9-19/h4-7,10,12H,1-3,8-9,11H2,(H,18,20)/t12-/m0/s1. The molecule has 6 heteroatoms. The molecular weight excluding hydrogens is 364 g/mol. The Kier molecular flexibility index (Phi) is 5.33. The van der Waals surface area contributed by atoms with Gasteiger partial charge in [-0.25, -0.2) is 0 Å². The van der Waals surface area contributed by atoms with Crippen LogP contribution in [0.4, 0.5) is 0 Å². The third-order valence-corrected chi connectivity index (χ3v) is 5.36. The summed E-state index contributed by atoms with van der Waals surface area (Å²) in [5.74, 6) is 0.180. The van der Waals surface area contributed by atoms with Gasteiger partial charge in [-0.1, -0.05) is 12.5 Å². The number of piperidine rings is 1. The lowest BCUT2D eigenvalue weighted by Gasteiger charge is -2.34. The molecule has 1 aliphatic rings. The number of carbonyl (C=O) groups is 1. The molecule has 1 saturated heterocycles. The number of halogens is 1. The summed E-state index contributed by atoms with van der Waals surface area (Å²) < 4.78 is 5.88. The molecule has 2 aromatic heterocycles. The Morgan fingerprint density at radius 2 is 2.14 bits per heavy atom. The Morgan fingerprint density at radius 3 is 2.77 bits per heavy atom. The quantitative estimate of drug-likeness (QED) is 0.847. The van der Waals surface area contributed by atoms with E-state index in [1.807, 2.05) is 0 Å². The molecule has 1 fully saturated rings. The highest BCUT2D eigenvalue weighted by atomic mass is 79.9. The molecular formula is C16H19BrN2O2S. The highest BCUT2D eigenvalue weighted by Crippen LogP contribution is 2.27. The smallest absolute Gasteiger partial charge is 0.287 e. The summed E-state index contributed by atoms with van der Waals surface area (Å²) in [4.78, 5) is 16.0. The van der Waals surface area contributed by atoms with E-state index >= 15 is 0 Å². The lowest BCUT2D eigenvalue weighted by Crippen LogP contribution is -2.40. The Bertz CT molecular complexity index is 605. The van der Waals surface area contributed by atoms with Gasteiger partial charge in [-0.2, -0.15) is 0 Å². The van der Waals surface area contributed by atoms with E-state index in [1.54, 1.807) is 23.5 Å². The normalized spacial score (nSPS) is 17.3. The summed E-state index contributed by atoms with van der Waals surface area (Å²) >= 11 is 4.97. The number of nitrogens with zero attached hydrogens (tertiary/aromatic N) is 1. The molecule has 1 N–H and O–H groups in total. The van der Waals surface area contributed by atoms with E-state index in [0.29, 0.717) is 17.0 Å². The summed E-state index contributed by atoms with van der Waals surface area (Å²) in [5, 5.41) is 5.10. The molecule has 1 amide bonds.